The number of rotatable bonds is 9. The predicted molar refractivity (Wildman–Crippen MR) is 103 cm³/mol. The molecule has 1 N–H and O–H groups in total. The van der Waals surface area contributed by atoms with Crippen LogP contribution in [0.3, 0.4) is 0 Å². The molecule has 0 bridgehead atoms. The fraction of sp³-hybridized carbons (Fsp3) is 0.200. The van der Waals surface area contributed by atoms with Gasteiger partial charge in [0.2, 0.25) is 6.41 Å². The summed E-state index contributed by atoms with van der Waals surface area (Å²) in [5.74, 6) is 0. The number of aryl methyl sites for hydroxylation is 1. The van der Waals surface area contributed by atoms with Gasteiger partial charge in [-0.15, -0.1) is 11.8 Å². The lowest BCUT2D eigenvalue weighted by Crippen LogP contribution is -2.13. The van der Waals surface area contributed by atoms with Gasteiger partial charge in [-0.1, -0.05) is 30.3 Å². The summed E-state index contributed by atoms with van der Waals surface area (Å²) in [6.45, 7) is 0.922. The van der Waals surface area contributed by atoms with E-state index in [4.69, 9.17) is 0 Å². The summed E-state index contributed by atoms with van der Waals surface area (Å²) in [5.41, 5.74) is 2.18. The highest BCUT2D eigenvalue weighted by Crippen LogP contribution is 2.28. The third-order valence-electron chi connectivity index (χ3n) is 3.95. The lowest BCUT2D eigenvalue weighted by Gasteiger charge is -2.17. The van der Waals surface area contributed by atoms with Gasteiger partial charge in [0, 0.05) is 34.8 Å². The molecule has 1 atom stereocenters. The Bertz CT molecular complexity index is 757. The first-order valence-corrected chi connectivity index (χ1v) is 9.18. The van der Waals surface area contributed by atoms with Crippen molar-refractivity contribution in [1.29, 1.82) is 0 Å². The van der Waals surface area contributed by atoms with Crippen LogP contribution in [0.1, 0.15) is 12.0 Å². The third-order valence-corrected chi connectivity index (χ3v) is 5.22. The highest BCUT2D eigenvalue weighted by Gasteiger charge is 2.12. The van der Waals surface area contributed by atoms with E-state index in [1.807, 2.05) is 42.6 Å². The van der Waals surface area contributed by atoms with Gasteiger partial charge >= 0.3 is 0 Å². The maximum Gasteiger partial charge on any atom is 0.211 e. The van der Waals surface area contributed by atoms with Crippen LogP contribution in [0, 0.1) is 0 Å². The quantitative estimate of drug-likeness (QED) is 0.463. The predicted octanol–water partition coefficient (Wildman–Crippen LogP) is 4.25. The lowest BCUT2D eigenvalue weighted by molar-refractivity contribution is -0.105. The van der Waals surface area contributed by atoms with Gasteiger partial charge in [0.15, 0.2) is 0 Å². The number of aromatic nitrogens is 2. The highest BCUT2D eigenvalue weighted by molar-refractivity contribution is 8.00. The van der Waals surface area contributed by atoms with E-state index in [2.05, 4.69) is 57.3 Å². The van der Waals surface area contributed by atoms with Gasteiger partial charge in [-0.3, -0.25) is 4.79 Å². The van der Waals surface area contributed by atoms with Crippen molar-refractivity contribution in [3.63, 3.8) is 0 Å². The van der Waals surface area contributed by atoms with Crippen molar-refractivity contribution >= 4 is 23.9 Å². The Morgan fingerprint density at radius 3 is 2.60 bits per heavy atom. The molecule has 1 heterocycles. The number of amides is 1. The van der Waals surface area contributed by atoms with Crippen molar-refractivity contribution in [2.45, 2.75) is 29.5 Å². The van der Waals surface area contributed by atoms with Crippen molar-refractivity contribution in [2.24, 2.45) is 0 Å². The second kappa shape index (κ2) is 9.08. The maximum atomic E-state index is 10.5. The summed E-state index contributed by atoms with van der Waals surface area (Å²) in [6.07, 6.45) is 8.53. The molecule has 0 fully saturated rings. The minimum Gasteiger partial charge on any atom is -0.336 e. The second-order valence-electron chi connectivity index (χ2n) is 5.81. The number of imidazole rings is 1. The summed E-state index contributed by atoms with van der Waals surface area (Å²) in [7, 11) is 0. The number of nitrogens with zero attached hydrogens (tertiary/aromatic N) is 2. The van der Waals surface area contributed by atoms with E-state index in [0.29, 0.717) is 11.7 Å². The molecule has 0 aliphatic carbocycles. The molecule has 2 aromatic carbocycles. The molecule has 1 amide bonds. The number of benzene rings is 2. The van der Waals surface area contributed by atoms with Gasteiger partial charge < -0.3 is 9.88 Å². The number of hydrogen-bond acceptors (Lipinski definition) is 3. The molecule has 4 nitrogen and oxygen atoms in total. The Labute approximate surface area is 152 Å². The molecular weight excluding hydrogens is 330 g/mol. The lowest BCUT2D eigenvalue weighted by atomic mass is 10.1. The topological polar surface area (TPSA) is 46.9 Å². The van der Waals surface area contributed by atoms with Crippen LogP contribution in [0.4, 0.5) is 5.69 Å². The summed E-state index contributed by atoms with van der Waals surface area (Å²) in [4.78, 5) is 15.9. The van der Waals surface area contributed by atoms with Crippen LogP contribution in [0.2, 0.25) is 0 Å². The van der Waals surface area contributed by atoms with Crippen molar-refractivity contribution in [1.82, 2.24) is 9.55 Å². The molecule has 0 spiro atoms. The molecule has 0 saturated carbocycles. The van der Waals surface area contributed by atoms with Gasteiger partial charge in [0.1, 0.15) is 0 Å². The molecule has 128 valence electrons. The van der Waals surface area contributed by atoms with E-state index < -0.39 is 0 Å². The van der Waals surface area contributed by atoms with Crippen molar-refractivity contribution in [3.8, 4) is 0 Å². The number of nitrogens with one attached hydrogen (secondary N) is 1. The van der Waals surface area contributed by atoms with Gasteiger partial charge in [-0.25, -0.2) is 4.98 Å². The minimum absolute atomic E-state index is 0.444. The number of thioether (sulfide) groups is 1. The minimum atomic E-state index is 0.444. The highest BCUT2D eigenvalue weighted by atomic mass is 32.2. The number of carbonyl (C=O) groups is 1. The van der Waals surface area contributed by atoms with Gasteiger partial charge in [0.25, 0.3) is 0 Å². The van der Waals surface area contributed by atoms with E-state index in [1.54, 1.807) is 0 Å². The standard InChI is InChI=1S/C20H21N3OS/c24-16-22-18-7-10-19(11-8-18)25-20(14-23-13-12-21-15-23)9-6-17-4-2-1-3-5-17/h1-5,7-8,10-13,15-16,20H,6,9,14H2,(H,22,24). The molecule has 25 heavy (non-hydrogen) atoms. The fourth-order valence-electron chi connectivity index (χ4n) is 2.68. The SMILES string of the molecule is O=CNc1ccc(SC(CCc2ccccc2)Cn2ccnc2)cc1. The number of hydrogen-bond donors (Lipinski definition) is 1. The van der Waals surface area contributed by atoms with Crippen LogP contribution in [-0.2, 0) is 17.8 Å². The molecule has 0 saturated heterocycles. The molecule has 3 rings (SSSR count). The Balaban J connectivity index is 1.65. The fourth-order valence-corrected chi connectivity index (χ4v) is 3.84. The van der Waals surface area contributed by atoms with E-state index in [0.717, 1.165) is 25.1 Å². The molecular formula is C20H21N3OS. The van der Waals surface area contributed by atoms with Gasteiger partial charge in [-0.05, 0) is 42.7 Å². The Kier molecular flexibility index (Phi) is 6.29. The van der Waals surface area contributed by atoms with Crippen LogP contribution < -0.4 is 5.32 Å². The molecule has 3 aromatic rings. The van der Waals surface area contributed by atoms with Crippen LogP contribution in [0.25, 0.3) is 0 Å². The average Bonchev–Trinajstić information content (AvgIpc) is 3.15. The Hall–Kier alpha value is -2.53. The molecule has 1 aromatic heterocycles. The molecule has 0 aliphatic rings. The summed E-state index contributed by atoms with van der Waals surface area (Å²) >= 11 is 1.87. The first-order chi connectivity index (χ1) is 12.3. The Morgan fingerprint density at radius 2 is 1.92 bits per heavy atom. The average molecular weight is 351 g/mol. The number of carbonyl (C=O) groups excluding carboxylic acids is 1. The molecule has 5 heteroatoms. The van der Waals surface area contributed by atoms with Crippen LogP contribution in [0.15, 0.2) is 78.2 Å². The molecule has 0 radical (unpaired) electrons. The summed E-state index contributed by atoms with van der Waals surface area (Å²) in [5, 5.41) is 3.11. The zero-order chi connectivity index (χ0) is 17.3. The third kappa shape index (κ3) is 5.50. The van der Waals surface area contributed by atoms with E-state index in [9.17, 15) is 4.79 Å². The number of anilines is 1. The van der Waals surface area contributed by atoms with Gasteiger partial charge in [0.05, 0.1) is 6.33 Å². The van der Waals surface area contributed by atoms with Crippen LogP contribution in [0.5, 0.6) is 0 Å². The maximum absolute atomic E-state index is 10.5. The first-order valence-electron chi connectivity index (χ1n) is 8.30. The van der Waals surface area contributed by atoms with E-state index in [1.165, 1.54) is 10.5 Å². The van der Waals surface area contributed by atoms with Crippen LogP contribution in [-0.4, -0.2) is 21.2 Å². The van der Waals surface area contributed by atoms with Crippen LogP contribution >= 0.6 is 11.8 Å². The smallest absolute Gasteiger partial charge is 0.211 e. The summed E-state index contributed by atoms with van der Waals surface area (Å²) < 4.78 is 2.13. The zero-order valence-electron chi connectivity index (χ0n) is 13.9. The second-order valence-corrected chi connectivity index (χ2v) is 7.18. The normalized spacial score (nSPS) is 11.8. The summed E-state index contributed by atoms with van der Waals surface area (Å²) in [6, 6.07) is 18.6. The largest absolute Gasteiger partial charge is 0.336 e. The van der Waals surface area contributed by atoms with Crippen molar-refractivity contribution < 1.29 is 4.79 Å². The first kappa shape index (κ1) is 17.3. The van der Waals surface area contributed by atoms with E-state index in [-0.39, 0.29) is 0 Å². The molecule has 1 unspecified atom stereocenters. The van der Waals surface area contributed by atoms with Crippen molar-refractivity contribution in [2.75, 3.05) is 5.32 Å². The molecule has 0 aliphatic heterocycles. The van der Waals surface area contributed by atoms with E-state index >= 15 is 0 Å². The monoisotopic (exact) mass is 351 g/mol. The van der Waals surface area contributed by atoms with Crippen molar-refractivity contribution in [3.05, 3.63) is 78.9 Å². The zero-order valence-corrected chi connectivity index (χ0v) is 14.7. The van der Waals surface area contributed by atoms with Gasteiger partial charge in [-0.2, -0.15) is 0 Å². The Morgan fingerprint density at radius 1 is 1.12 bits per heavy atom.